The topological polar surface area (TPSA) is 136 Å². The molecule has 32 heavy (non-hydrogen) atoms. The second-order valence-electron chi connectivity index (χ2n) is 7.92. The van der Waals surface area contributed by atoms with Crippen molar-refractivity contribution < 1.29 is 14.2 Å². The summed E-state index contributed by atoms with van der Waals surface area (Å²) >= 11 is 0. The van der Waals surface area contributed by atoms with Gasteiger partial charge in [0, 0.05) is 43.9 Å². The van der Waals surface area contributed by atoms with E-state index in [1.807, 2.05) is 12.1 Å². The molecule has 3 aliphatic rings. The van der Waals surface area contributed by atoms with Crippen molar-refractivity contribution in [3.8, 4) is 5.75 Å². The molecule has 5 rings (SSSR count). The molecule has 0 radical (unpaired) electrons. The summed E-state index contributed by atoms with van der Waals surface area (Å²) in [6, 6.07) is 5.60. The smallest absolute Gasteiger partial charge is 0.198 e. The third kappa shape index (κ3) is 3.68. The fourth-order valence-corrected chi connectivity index (χ4v) is 4.16. The number of rotatable bonds is 4. The summed E-state index contributed by atoms with van der Waals surface area (Å²) < 4.78 is 16.4. The van der Waals surface area contributed by atoms with Gasteiger partial charge in [0.05, 0.1) is 51.3 Å². The van der Waals surface area contributed by atoms with Crippen LogP contribution in [0.4, 0.5) is 23.0 Å². The maximum Gasteiger partial charge on any atom is 0.198 e. The van der Waals surface area contributed by atoms with Crippen molar-refractivity contribution in [2.24, 2.45) is 10.7 Å². The molecule has 11 heteroatoms. The zero-order valence-corrected chi connectivity index (χ0v) is 18.1. The molecule has 2 aromatic rings. The number of nitrogens with zero attached hydrogens (tertiary/aromatic N) is 5. The molecule has 3 aliphatic heterocycles. The monoisotopic (exact) mass is 440 g/mol. The van der Waals surface area contributed by atoms with Crippen LogP contribution in [0.5, 0.6) is 5.75 Å². The van der Waals surface area contributed by atoms with E-state index in [0.717, 1.165) is 43.5 Å². The normalized spacial score (nSPS) is 22.9. The lowest BCUT2D eigenvalue weighted by Gasteiger charge is -2.34. The first-order chi connectivity index (χ1) is 15.6. The number of anilines is 4. The van der Waals surface area contributed by atoms with Crippen LogP contribution in [-0.2, 0) is 15.1 Å². The number of methoxy groups -OCH3 is 1. The minimum atomic E-state index is -1.30. The first-order valence-corrected chi connectivity index (χ1v) is 10.7. The van der Waals surface area contributed by atoms with Gasteiger partial charge >= 0.3 is 0 Å². The lowest BCUT2D eigenvalue weighted by molar-refractivity contribution is 0.121. The van der Waals surface area contributed by atoms with E-state index in [9.17, 15) is 0 Å². The molecule has 0 spiro atoms. The minimum Gasteiger partial charge on any atom is -0.495 e. The molecule has 170 valence electrons. The number of hydrogen-bond donors (Lipinski definition) is 3. The Balaban J connectivity index is 1.62. The number of morpholine rings is 2. The molecule has 1 aromatic carbocycles. The largest absolute Gasteiger partial charge is 0.495 e. The quantitative estimate of drug-likeness (QED) is 0.571. The maximum absolute atomic E-state index is 6.90. The Bertz CT molecular complexity index is 984. The van der Waals surface area contributed by atoms with Crippen molar-refractivity contribution in [1.82, 2.24) is 9.97 Å². The molecule has 2 fully saturated rings. The SMILES string of the molecule is COc1cc2c(cc1N)C(N)(c1nc(N3CCOCC3)cc(N3CCOCC3)n1)N=CN2. The third-order valence-electron chi connectivity index (χ3n) is 5.98. The number of ether oxygens (including phenoxy) is 3. The van der Waals surface area contributed by atoms with Crippen LogP contribution in [0.25, 0.3) is 0 Å². The van der Waals surface area contributed by atoms with Crippen LogP contribution >= 0.6 is 0 Å². The van der Waals surface area contributed by atoms with Crippen molar-refractivity contribution in [2.75, 3.05) is 80.6 Å². The van der Waals surface area contributed by atoms with E-state index in [-0.39, 0.29) is 0 Å². The average Bonchev–Trinajstić information content (AvgIpc) is 2.85. The summed E-state index contributed by atoms with van der Waals surface area (Å²) in [4.78, 5) is 18.7. The van der Waals surface area contributed by atoms with Crippen molar-refractivity contribution in [2.45, 2.75) is 5.66 Å². The van der Waals surface area contributed by atoms with Gasteiger partial charge in [0.1, 0.15) is 17.4 Å². The number of nitrogen functional groups attached to an aromatic ring is 1. The van der Waals surface area contributed by atoms with Crippen LogP contribution in [0.1, 0.15) is 11.4 Å². The summed E-state index contributed by atoms with van der Waals surface area (Å²) in [5.74, 6) is 2.58. The van der Waals surface area contributed by atoms with E-state index in [1.54, 1.807) is 19.5 Å². The number of nitrogens with two attached hydrogens (primary N) is 2. The molecule has 1 aromatic heterocycles. The predicted molar refractivity (Wildman–Crippen MR) is 123 cm³/mol. The van der Waals surface area contributed by atoms with Crippen LogP contribution in [0.3, 0.4) is 0 Å². The van der Waals surface area contributed by atoms with Crippen LogP contribution in [0, 0.1) is 0 Å². The Labute approximate surface area is 186 Å². The van der Waals surface area contributed by atoms with Crippen LogP contribution < -0.4 is 31.3 Å². The molecule has 0 bridgehead atoms. The third-order valence-corrected chi connectivity index (χ3v) is 5.98. The van der Waals surface area contributed by atoms with Crippen molar-refractivity contribution in [1.29, 1.82) is 0 Å². The van der Waals surface area contributed by atoms with Gasteiger partial charge in [-0.15, -0.1) is 0 Å². The number of fused-ring (bicyclic) bond motifs is 1. The summed E-state index contributed by atoms with van der Waals surface area (Å²) in [5.41, 5.74) is 13.7. The van der Waals surface area contributed by atoms with E-state index >= 15 is 0 Å². The number of hydrogen-bond acceptors (Lipinski definition) is 11. The molecule has 4 heterocycles. The summed E-state index contributed by atoms with van der Waals surface area (Å²) in [7, 11) is 1.58. The van der Waals surface area contributed by atoms with Gasteiger partial charge in [-0.05, 0) is 6.07 Å². The molecule has 5 N–H and O–H groups in total. The molecular weight excluding hydrogens is 412 g/mol. The fraction of sp³-hybridized carbons (Fsp3) is 0.476. The highest BCUT2D eigenvalue weighted by atomic mass is 16.5. The lowest BCUT2D eigenvalue weighted by atomic mass is 9.95. The Morgan fingerprint density at radius 3 is 2.12 bits per heavy atom. The molecule has 1 unspecified atom stereocenters. The van der Waals surface area contributed by atoms with E-state index < -0.39 is 5.66 Å². The lowest BCUT2D eigenvalue weighted by Crippen LogP contribution is -2.44. The van der Waals surface area contributed by atoms with Gasteiger partial charge < -0.3 is 35.1 Å². The second-order valence-corrected chi connectivity index (χ2v) is 7.92. The molecule has 0 saturated carbocycles. The first kappa shape index (κ1) is 20.7. The summed E-state index contributed by atoms with van der Waals surface area (Å²) in [6.45, 7) is 5.62. The average molecular weight is 441 g/mol. The zero-order valence-electron chi connectivity index (χ0n) is 18.1. The Morgan fingerprint density at radius 1 is 0.969 bits per heavy atom. The number of benzene rings is 1. The molecule has 2 saturated heterocycles. The standard InChI is InChI=1S/C21H28N8O3/c1-30-17-11-16-14(10-15(17)22)21(23,25-13-24-16)20-26-18(28-2-6-31-7-3-28)12-19(27-20)29-4-8-32-9-5-29/h10-13H,2-9,22-23H2,1H3,(H,24,25). The fourth-order valence-electron chi connectivity index (χ4n) is 4.16. The Kier molecular flexibility index (Phi) is 5.45. The molecular formula is C21H28N8O3. The Hall–Kier alpha value is -3.15. The van der Waals surface area contributed by atoms with E-state index in [4.69, 9.17) is 35.6 Å². The van der Waals surface area contributed by atoms with Crippen LogP contribution in [0.2, 0.25) is 0 Å². The van der Waals surface area contributed by atoms with Crippen molar-refractivity contribution >= 4 is 29.3 Å². The Morgan fingerprint density at radius 2 is 1.56 bits per heavy atom. The van der Waals surface area contributed by atoms with E-state index in [0.29, 0.717) is 49.3 Å². The predicted octanol–water partition coefficient (Wildman–Crippen LogP) is 0.354. The molecule has 1 atom stereocenters. The summed E-state index contributed by atoms with van der Waals surface area (Å²) in [6.07, 6.45) is 1.57. The van der Waals surface area contributed by atoms with Gasteiger partial charge in [-0.2, -0.15) is 0 Å². The first-order valence-electron chi connectivity index (χ1n) is 10.7. The number of aliphatic imine (C=N–C) groups is 1. The van der Waals surface area contributed by atoms with Gasteiger partial charge in [-0.3, -0.25) is 5.73 Å². The van der Waals surface area contributed by atoms with Crippen LogP contribution in [-0.4, -0.2) is 76.0 Å². The highest BCUT2D eigenvalue weighted by molar-refractivity contribution is 5.84. The van der Waals surface area contributed by atoms with Gasteiger partial charge in [0.2, 0.25) is 0 Å². The molecule has 0 amide bonds. The minimum absolute atomic E-state index is 0.409. The van der Waals surface area contributed by atoms with Gasteiger partial charge in [0.15, 0.2) is 11.5 Å². The highest BCUT2D eigenvalue weighted by Gasteiger charge is 2.38. The van der Waals surface area contributed by atoms with E-state index in [1.165, 1.54) is 0 Å². The van der Waals surface area contributed by atoms with E-state index in [2.05, 4.69) is 20.1 Å². The van der Waals surface area contributed by atoms with Crippen molar-refractivity contribution in [3.05, 3.63) is 29.6 Å². The van der Waals surface area contributed by atoms with Gasteiger partial charge in [-0.1, -0.05) is 0 Å². The molecule has 11 nitrogen and oxygen atoms in total. The van der Waals surface area contributed by atoms with Gasteiger partial charge in [0.25, 0.3) is 0 Å². The maximum atomic E-state index is 6.90. The second kappa shape index (κ2) is 8.41. The number of aromatic nitrogens is 2. The number of nitrogens with one attached hydrogen (secondary N) is 1. The van der Waals surface area contributed by atoms with Crippen molar-refractivity contribution in [3.63, 3.8) is 0 Å². The van der Waals surface area contributed by atoms with Crippen LogP contribution in [0.15, 0.2) is 23.2 Å². The highest BCUT2D eigenvalue weighted by Crippen LogP contribution is 2.40. The zero-order chi connectivity index (χ0) is 22.1. The summed E-state index contributed by atoms with van der Waals surface area (Å²) in [5, 5.41) is 3.13. The van der Waals surface area contributed by atoms with Gasteiger partial charge in [-0.25, -0.2) is 15.0 Å². The molecule has 0 aliphatic carbocycles.